The maximum atomic E-state index is 14.3. The number of nitrogens with two attached hydrogens (primary N) is 1. The largest absolute Gasteiger partial charge is 0.480 e. The van der Waals surface area contributed by atoms with E-state index in [1.165, 1.54) is 4.90 Å². The summed E-state index contributed by atoms with van der Waals surface area (Å²) in [5.41, 5.74) is 6.99. The zero-order chi connectivity index (χ0) is 46.2. The lowest BCUT2D eigenvalue weighted by Crippen LogP contribution is -2.60. The third-order valence-electron chi connectivity index (χ3n) is 10.2. The van der Waals surface area contributed by atoms with Crippen molar-refractivity contribution in [1.29, 1.82) is 0 Å². The van der Waals surface area contributed by atoms with Crippen molar-refractivity contribution in [3.8, 4) is 0 Å². The highest BCUT2D eigenvalue weighted by Crippen LogP contribution is 2.27. The van der Waals surface area contributed by atoms with Gasteiger partial charge in [0, 0.05) is 36.0 Å². The number of carboxylic acids is 1. The molecule has 10 N–H and O–H groups in total. The number of nitrogens with zero attached hydrogens (tertiary/aromatic N) is 1. The summed E-state index contributed by atoms with van der Waals surface area (Å²) in [7, 11) is 4.28. The van der Waals surface area contributed by atoms with E-state index in [1.54, 1.807) is 30.3 Å². The molecule has 0 radical (unpaired) electrons. The lowest BCUT2D eigenvalue weighted by atomic mass is 9.99. The fourth-order valence-corrected chi connectivity index (χ4v) is 11.6. The Kier molecular flexibility index (Phi) is 20.7. The van der Waals surface area contributed by atoms with Gasteiger partial charge in [0.25, 0.3) is 0 Å². The Morgan fingerprint density at radius 3 is 1.84 bits per heavy atom. The smallest absolute Gasteiger partial charge is 0.327 e. The van der Waals surface area contributed by atoms with Crippen LogP contribution in [0.25, 0.3) is 0 Å². The van der Waals surface area contributed by atoms with Crippen LogP contribution in [-0.2, 0) is 49.6 Å². The van der Waals surface area contributed by atoms with Crippen molar-refractivity contribution in [3.63, 3.8) is 0 Å². The van der Waals surface area contributed by atoms with Crippen molar-refractivity contribution in [2.45, 2.75) is 108 Å². The van der Waals surface area contributed by atoms with Crippen molar-refractivity contribution < 1.29 is 48.3 Å². The van der Waals surface area contributed by atoms with Gasteiger partial charge in [-0.15, -0.1) is 0 Å². The average Bonchev–Trinajstić information content (AvgIpc) is 3.73. The summed E-state index contributed by atoms with van der Waals surface area (Å²) in [5, 5.41) is 28.7. The number of hydrogen-bond donors (Lipinski definition) is 9. The molecule has 23 heteroatoms. The van der Waals surface area contributed by atoms with Crippen LogP contribution in [0.3, 0.4) is 0 Å². The second-order valence-corrected chi connectivity index (χ2v) is 21.5. The van der Waals surface area contributed by atoms with E-state index in [1.807, 2.05) is 27.7 Å². The molecular weight excluding hydrogens is 895 g/mol. The number of benzene rings is 1. The molecule has 2 bridgehead atoms. The first kappa shape index (κ1) is 51.4. The zero-order valence-corrected chi connectivity index (χ0v) is 39.0. The third kappa shape index (κ3) is 16.4. The van der Waals surface area contributed by atoms with Gasteiger partial charge in [0.2, 0.25) is 47.3 Å². The SMILES string of the molecule is CC(C)C[C@@H]1NC(=O)[C@H](CC(C)C)NC(=O)[C@H](Cc2ccccc2)NC(=O)[C@@H]2CSSC[C@@H](C(=O)O)NC(=O)[C@H](CSSC[C@H](N)C(=O)N3CCC[C@H]3C(=O)N2)NC(=O)CNC1=O. The summed E-state index contributed by atoms with van der Waals surface area (Å²) in [6.45, 7) is 7.03. The molecule has 8 amide bonds. The molecule has 0 saturated carbocycles. The molecule has 8 atom stereocenters. The third-order valence-corrected chi connectivity index (χ3v) is 15.1. The van der Waals surface area contributed by atoms with Crippen LogP contribution in [0.4, 0.5) is 0 Å². The Morgan fingerprint density at radius 2 is 1.22 bits per heavy atom. The van der Waals surface area contributed by atoms with Gasteiger partial charge in [0.15, 0.2) is 0 Å². The number of amides is 8. The first-order valence-corrected chi connectivity index (χ1v) is 25.8. The van der Waals surface area contributed by atoms with Crippen molar-refractivity contribution >= 4 is 96.4 Å². The maximum absolute atomic E-state index is 14.3. The number of aliphatic carboxylic acids is 1. The molecule has 1 aromatic carbocycles. The fourth-order valence-electron chi connectivity index (χ4n) is 6.96. The highest BCUT2D eigenvalue weighted by molar-refractivity contribution is 8.77. The fraction of sp³-hybridized carbons (Fsp3) is 0.625. The second-order valence-electron chi connectivity index (χ2n) is 16.4. The van der Waals surface area contributed by atoms with Gasteiger partial charge in [-0.2, -0.15) is 0 Å². The van der Waals surface area contributed by atoms with Crippen LogP contribution < -0.4 is 43.0 Å². The second kappa shape index (κ2) is 25.3. The van der Waals surface area contributed by atoms with Gasteiger partial charge in [-0.1, -0.05) is 101 Å². The van der Waals surface area contributed by atoms with Crippen molar-refractivity contribution in [2.24, 2.45) is 17.6 Å². The number of carbonyl (C=O) groups excluding carboxylic acids is 8. The molecule has 0 aliphatic carbocycles. The standard InChI is InChI=1S/C40H59N9O10S4/c1-21(2)13-25-33(51)42-16-32(50)43-28-18-61-60-17-24(41)39(57)49-12-8-11-31(49)38(56)47-29(19-62-63-20-30(40(58)59)48-36(28)54)37(55)46-27(15-23-9-6-5-7-10-23)35(53)45-26(14-22(3)4)34(52)44-25/h5-7,9-10,21-22,24-31H,8,11-20,41H2,1-4H3,(H,42,51)(H,43,50)(H,44,52)(H,45,53)(H,46,55)(H,47,56)(H,48,54)(H,58,59)/t24-,25-,26-,27-,28-,29-,30-,31-/m0/s1. The van der Waals surface area contributed by atoms with Crippen LogP contribution in [0.1, 0.15) is 58.9 Å². The monoisotopic (exact) mass is 953 g/mol. The van der Waals surface area contributed by atoms with Gasteiger partial charge in [0.05, 0.1) is 12.6 Å². The molecule has 0 spiro atoms. The van der Waals surface area contributed by atoms with E-state index in [2.05, 4.69) is 37.2 Å². The Hall–Kier alpha value is -4.19. The summed E-state index contributed by atoms with van der Waals surface area (Å²) in [6, 6.07) is -0.814. The molecule has 348 valence electrons. The molecule has 19 nitrogen and oxygen atoms in total. The number of fused-ring (bicyclic) bond motifs is 9. The normalized spacial score (nSPS) is 28.4. The van der Waals surface area contributed by atoms with E-state index < -0.39 is 108 Å². The van der Waals surface area contributed by atoms with Gasteiger partial charge in [-0.05, 0) is 43.1 Å². The molecule has 4 rings (SSSR count). The van der Waals surface area contributed by atoms with Crippen LogP contribution in [0.15, 0.2) is 30.3 Å². The first-order chi connectivity index (χ1) is 29.9. The molecule has 3 heterocycles. The number of hydrogen-bond acceptors (Lipinski definition) is 14. The van der Waals surface area contributed by atoms with E-state index in [4.69, 9.17) is 5.73 Å². The molecule has 63 heavy (non-hydrogen) atoms. The van der Waals surface area contributed by atoms with E-state index >= 15 is 0 Å². The first-order valence-electron chi connectivity index (χ1n) is 20.8. The Bertz CT molecular complexity index is 1810. The highest BCUT2D eigenvalue weighted by atomic mass is 33.1. The molecule has 0 aromatic heterocycles. The molecule has 3 fully saturated rings. The van der Waals surface area contributed by atoms with Crippen LogP contribution in [0, 0.1) is 11.8 Å². The van der Waals surface area contributed by atoms with E-state index in [0.29, 0.717) is 18.4 Å². The summed E-state index contributed by atoms with van der Waals surface area (Å²) in [4.78, 5) is 125. The van der Waals surface area contributed by atoms with Crippen LogP contribution in [-0.4, -0.2) is 148 Å². The molecule has 3 aliphatic heterocycles. The summed E-state index contributed by atoms with van der Waals surface area (Å²) in [5.74, 6) is -7.51. The summed E-state index contributed by atoms with van der Waals surface area (Å²) < 4.78 is 0. The Morgan fingerprint density at radius 1 is 0.683 bits per heavy atom. The van der Waals surface area contributed by atoms with E-state index in [0.717, 1.165) is 43.2 Å². The highest BCUT2D eigenvalue weighted by Gasteiger charge is 2.39. The van der Waals surface area contributed by atoms with E-state index in [9.17, 15) is 48.3 Å². The minimum absolute atomic E-state index is 0.0164. The summed E-state index contributed by atoms with van der Waals surface area (Å²) in [6.07, 6.45) is 1.10. The topological polar surface area (TPSA) is 287 Å². The zero-order valence-electron chi connectivity index (χ0n) is 35.7. The lowest BCUT2D eigenvalue weighted by Gasteiger charge is -2.29. The minimum Gasteiger partial charge on any atom is -0.480 e. The number of carboxylic acid groups (broad SMARTS) is 1. The lowest BCUT2D eigenvalue weighted by molar-refractivity contribution is -0.141. The van der Waals surface area contributed by atoms with E-state index in [-0.39, 0.29) is 60.7 Å². The number of rotatable bonds is 7. The van der Waals surface area contributed by atoms with Gasteiger partial charge >= 0.3 is 5.97 Å². The molecule has 3 saturated heterocycles. The van der Waals surface area contributed by atoms with Crippen LogP contribution >= 0.6 is 43.2 Å². The van der Waals surface area contributed by atoms with Crippen molar-refractivity contribution in [2.75, 3.05) is 36.1 Å². The van der Waals surface area contributed by atoms with Crippen LogP contribution in [0.2, 0.25) is 0 Å². The molecule has 0 unspecified atom stereocenters. The Labute approximate surface area is 382 Å². The summed E-state index contributed by atoms with van der Waals surface area (Å²) >= 11 is 0. The molecular formula is C40H59N9O10S4. The van der Waals surface area contributed by atoms with Gasteiger partial charge < -0.3 is 53.0 Å². The number of nitrogens with one attached hydrogen (secondary N) is 7. The Balaban J connectivity index is 1.80. The van der Waals surface area contributed by atoms with Gasteiger partial charge in [0.1, 0.15) is 42.3 Å². The molecule has 3 aliphatic rings. The van der Waals surface area contributed by atoms with Crippen LogP contribution in [0.5, 0.6) is 0 Å². The minimum atomic E-state index is -1.45. The van der Waals surface area contributed by atoms with Gasteiger partial charge in [-0.3, -0.25) is 38.4 Å². The maximum Gasteiger partial charge on any atom is 0.327 e. The predicted molar refractivity (Wildman–Crippen MR) is 244 cm³/mol. The average molecular weight is 954 g/mol. The number of carbonyl (C=O) groups is 9. The van der Waals surface area contributed by atoms with Crippen molar-refractivity contribution in [1.82, 2.24) is 42.1 Å². The predicted octanol–water partition coefficient (Wildman–Crippen LogP) is -0.461. The molecule has 1 aromatic rings. The van der Waals surface area contributed by atoms with Gasteiger partial charge in [-0.25, -0.2) is 4.79 Å². The van der Waals surface area contributed by atoms with Crippen molar-refractivity contribution in [3.05, 3.63) is 35.9 Å². The quantitative estimate of drug-likeness (QED) is 0.156.